The second-order valence-corrected chi connectivity index (χ2v) is 6.80. The highest BCUT2D eigenvalue weighted by Crippen LogP contribution is 2.30. The molecule has 1 saturated heterocycles. The Kier molecular flexibility index (Phi) is 4.71. The van der Waals surface area contributed by atoms with E-state index in [1.165, 1.54) is 0 Å². The number of hydrogen-bond donors (Lipinski definition) is 2. The minimum Gasteiger partial charge on any atom is -0.399 e. The van der Waals surface area contributed by atoms with E-state index in [-0.39, 0.29) is 5.91 Å². The van der Waals surface area contributed by atoms with Crippen molar-refractivity contribution in [3.63, 3.8) is 0 Å². The fraction of sp³-hybridized carbons (Fsp3) is 0.421. The van der Waals surface area contributed by atoms with Gasteiger partial charge in [-0.15, -0.1) is 0 Å². The molecule has 0 spiro atoms. The molecule has 2 aliphatic rings. The Bertz CT molecular complexity index is 783. The lowest BCUT2D eigenvalue weighted by atomic mass is 10.0. The number of nitrogen functional groups attached to an aromatic ring is 1. The van der Waals surface area contributed by atoms with Crippen molar-refractivity contribution in [2.45, 2.75) is 19.3 Å². The van der Waals surface area contributed by atoms with Crippen LogP contribution in [-0.2, 0) is 6.42 Å². The molecule has 0 aliphatic carbocycles. The topological polar surface area (TPSA) is 87.4 Å². The van der Waals surface area contributed by atoms with E-state index in [9.17, 15) is 4.79 Å². The van der Waals surface area contributed by atoms with E-state index in [0.29, 0.717) is 17.9 Å². The molecule has 0 bridgehead atoms. The van der Waals surface area contributed by atoms with Crippen LogP contribution in [-0.4, -0.2) is 48.6 Å². The highest BCUT2D eigenvalue weighted by Gasteiger charge is 2.25. The second-order valence-electron chi connectivity index (χ2n) is 6.80. The standard InChI is InChI=1S/C19H24N6O/c20-15-5-4-14-3-1-9-25(17(14)11-15)19(26)16-12-23-18(13-22-16)24-8-2-6-21-7-10-24/h4-5,11-13,21H,1-3,6-10,20H2. The number of nitrogens with zero attached hydrogens (tertiary/aromatic N) is 4. The highest BCUT2D eigenvalue weighted by molar-refractivity contribution is 6.05. The van der Waals surface area contributed by atoms with Gasteiger partial charge in [-0.1, -0.05) is 6.07 Å². The third kappa shape index (κ3) is 3.35. The predicted octanol–water partition coefficient (Wildman–Crippen LogP) is 1.45. The van der Waals surface area contributed by atoms with Gasteiger partial charge in [-0.2, -0.15) is 0 Å². The van der Waals surface area contributed by atoms with Crippen molar-refractivity contribution >= 4 is 23.1 Å². The SMILES string of the molecule is Nc1ccc2c(c1)N(C(=O)c1cnc(N3CCCNCC3)cn1)CCC2. The summed E-state index contributed by atoms with van der Waals surface area (Å²) in [6, 6.07) is 5.77. The van der Waals surface area contributed by atoms with E-state index >= 15 is 0 Å². The number of fused-ring (bicyclic) bond motifs is 1. The van der Waals surface area contributed by atoms with Gasteiger partial charge in [0.2, 0.25) is 0 Å². The number of hydrogen-bond acceptors (Lipinski definition) is 6. The van der Waals surface area contributed by atoms with Crippen LogP contribution in [0.3, 0.4) is 0 Å². The van der Waals surface area contributed by atoms with Crippen molar-refractivity contribution in [1.29, 1.82) is 0 Å². The van der Waals surface area contributed by atoms with Gasteiger partial charge in [0.15, 0.2) is 0 Å². The first kappa shape index (κ1) is 16.8. The Labute approximate surface area is 153 Å². The van der Waals surface area contributed by atoms with E-state index in [2.05, 4.69) is 20.2 Å². The summed E-state index contributed by atoms with van der Waals surface area (Å²) < 4.78 is 0. The van der Waals surface area contributed by atoms with Gasteiger partial charge in [-0.3, -0.25) is 4.79 Å². The molecule has 0 radical (unpaired) electrons. The van der Waals surface area contributed by atoms with Crippen LogP contribution in [0, 0.1) is 0 Å². The molecular weight excluding hydrogens is 328 g/mol. The second kappa shape index (κ2) is 7.29. The van der Waals surface area contributed by atoms with Gasteiger partial charge in [-0.25, -0.2) is 9.97 Å². The Balaban J connectivity index is 1.55. The maximum Gasteiger partial charge on any atom is 0.278 e. The van der Waals surface area contributed by atoms with E-state index in [0.717, 1.165) is 62.5 Å². The summed E-state index contributed by atoms with van der Waals surface area (Å²) in [6.45, 7) is 4.50. The number of anilines is 3. The van der Waals surface area contributed by atoms with Crippen LogP contribution >= 0.6 is 0 Å². The largest absolute Gasteiger partial charge is 0.399 e. The zero-order valence-corrected chi connectivity index (χ0v) is 14.8. The molecule has 26 heavy (non-hydrogen) atoms. The average Bonchev–Trinajstić information content (AvgIpc) is 2.96. The monoisotopic (exact) mass is 352 g/mol. The van der Waals surface area contributed by atoms with Crippen molar-refractivity contribution in [3.8, 4) is 0 Å². The van der Waals surface area contributed by atoms with E-state index in [1.54, 1.807) is 17.3 Å². The van der Waals surface area contributed by atoms with E-state index in [1.807, 2.05) is 18.2 Å². The molecule has 1 fully saturated rings. The molecule has 4 rings (SSSR count). The number of amides is 1. The number of carbonyl (C=O) groups is 1. The molecule has 1 amide bonds. The molecule has 0 saturated carbocycles. The minimum absolute atomic E-state index is 0.117. The molecule has 3 heterocycles. The first-order valence-corrected chi connectivity index (χ1v) is 9.20. The summed E-state index contributed by atoms with van der Waals surface area (Å²) in [5.41, 5.74) is 9.01. The number of nitrogens with one attached hydrogen (secondary N) is 1. The van der Waals surface area contributed by atoms with Crippen LogP contribution in [0.2, 0.25) is 0 Å². The highest BCUT2D eigenvalue weighted by atomic mass is 16.2. The fourth-order valence-corrected chi connectivity index (χ4v) is 3.61. The van der Waals surface area contributed by atoms with Crippen molar-refractivity contribution in [2.24, 2.45) is 0 Å². The summed E-state index contributed by atoms with van der Waals surface area (Å²) in [5, 5.41) is 3.37. The molecule has 3 N–H and O–H groups in total. The lowest BCUT2D eigenvalue weighted by Crippen LogP contribution is -2.36. The summed E-state index contributed by atoms with van der Waals surface area (Å²) >= 11 is 0. The Morgan fingerprint density at radius 3 is 2.85 bits per heavy atom. The third-order valence-electron chi connectivity index (χ3n) is 4.99. The van der Waals surface area contributed by atoms with Crippen LogP contribution in [0.1, 0.15) is 28.9 Å². The van der Waals surface area contributed by atoms with Gasteiger partial charge in [0, 0.05) is 37.6 Å². The van der Waals surface area contributed by atoms with E-state index < -0.39 is 0 Å². The molecule has 0 atom stereocenters. The number of aryl methyl sites for hydroxylation is 1. The Hall–Kier alpha value is -2.67. The molecule has 7 nitrogen and oxygen atoms in total. The molecule has 0 unspecified atom stereocenters. The molecule has 2 aliphatic heterocycles. The van der Waals surface area contributed by atoms with Crippen LogP contribution in [0.15, 0.2) is 30.6 Å². The van der Waals surface area contributed by atoms with Gasteiger partial charge in [0.25, 0.3) is 5.91 Å². The number of rotatable bonds is 2. The number of carbonyl (C=O) groups excluding carboxylic acids is 1. The summed E-state index contributed by atoms with van der Waals surface area (Å²) in [5.74, 6) is 0.710. The van der Waals surface area contributed by atoms with Crippen LogP contribution in [0.4, 0.5) is 17.2 Å². The smallest absolute Gasteiger partial charge is 0.278 e. The fourth-order valence-electron chi connectivity index (χ4n) is 3.61. The van der Waals surface area contributed by atoms with Crippen molar-refractivity contribution in [1.82, 2.24) is 15.3 Å². The zero-order valence-electron chi connectivity index (χ0n) is 14.8. The lowest BCUT2D eigenvalue weighted by Gasteiger charge is -2.29. The van der Waals surface area contributed by atoms with Crippen molar-refractivity contribution in [3.05, 3.63) is 41.9 Å². The number of aromatic nitrogens is 2. The van der Waals surface area contributed by atoms with Gasteiger partial charge in [0.05, 0.1) is 12.4 Å². The third-order valence-corrected chi connectivity index (χ3v) is 4.99. The molecule has 1 aromatic heterocycles. The molecular formula is C19H24N6O. The van der Waals surface area contributed by atoms with Gasteiger partial charge in [0.1, 0.15) is 11.5 Å². The average molecular weight is 352 g/mol. The molecule has 7 heteroatoms. The normalized spacial score (nSPS) is 17.5. The summed E-state index contributed by atoms with van der Waals surface area (Å²) in [7, 11) is 0. The molecule has 136 valence electrons. The lowest BCUT2D eigenvalue weighted by molar-refractivity contribution is 0.0980. The quantitative estimate of drug-likeness (QED) is 0.796. The van der Waals surface area contributed by atoms with Gasteiger partial charge < -0.3 is 20.9 Å². The maximum atomic E-state index is 13.0. The zero-order chi connectivity index (χ0) is 17.9. The predicted molar refractivity (Wildman–Crippen MR) is 103 cm³/mol. The van der Waals surface area contributed by atoms with Crippen LogP contribution in [0.25, 0.3) is 0 Å². The van der Waals surface area contributed by atoms with Crippen LogP contribution in [0.5, 0.6) is 0 Å². The van der Waals surface area contributed by atoms with Crippen molar-refractivity contribution in [2.75, 3.05) is 48.3 Å². The molecule has 1 aromatic carbocycles. The minimum atomic E-state index is -0.117. The summed E-state index contributed by atoms with van der Waals surface area (Å²) in [6.07, 6.45) is 6.29. The maximum absolute atomic E-state index is 13.0. The number of nitrogens with two attached hydrogens (primary N) is 1. The van der Waals surface area contributed by atoms with Crippen molar-refractivity contribution < 1.29 is 4.79 Å². The Morgan fingerprint density at radius 2 is 2.00 bits per heavy atom. The number of benzene rings is 1. The Morgan fingerprint density at radius 1 is 1.08 bits per heavy atom. The summed E-state index contributed by atoms with van der Waals surface area (Å²) in [4.78, 5) is 25.9. The first-order valence-electron chi connectivity index (χ1n) is 9.20. The molecule has 2 aromatic rings. The van der Waals surface area contributed by atoms with Crippen LogP contribution < -0.4 is 20.9 Å². The van der Waals surface area contributed by atoms with Gasteiger partial charge >= 0.3 is 0 Å². The van der Waals surface area contributed by atoms with E-state index in [4.69, 9.17) is 5.73 Å². The van der Waals surface area contributed by atoms with Gasteiger partial charge in [-0.05, 0) is 43.5 Å². The first-order chi connectivity index (χ1) is 12.7.